The van der Waals surface area contributed by atoms with Gasteiger partial charge in [0.05, 0.1) is 39.0 Å². The average molecular weight is 1180 g/mol. The number of hydrogen-bond acceptors (Lipinski definition) is 14. The molecular formula is C52H69ClF8N10O10. The molecule has 0 radical (unpaired) electrons. The fourth-order valence-electron chi connectivity index (χ4n) is 9.74. The Morgan fingerprint density at radius 2 is 0.877 bits per heavy atom. The van der Waals surface area contributed by atoms with Crippen molar-refractivity contribution in [2.45, 2.75) is 99.9 Å². The fourth-order valence-corrected chi connectivity index (χ4v) is 9.74. The Bertz CT molecular complexity index is 3080. The molecule has 4 fully saturated rings. The van der Waals surface area contributed by atoms with Crippen LogP contribution in [0.1, 0.15) is 91.3 Å². The van der Waals surface area contributed by atoms with Crippen LogP contribution in [0, 0.1) is 0 Å². The third-order valence-corrected chi connectivity index (χ3v) is 13.6. The second-order valence-electron chi connectivity index (χ2n) is 21.2. The van der Waals surface area contributed by atoms with Gasteiger partial charge in [-0.05, 0) is 123 Å². The molecule has 20 nitrogen and oxygen atoms in total. The number of halogens is 9. The smallest absolute Gasteiger partial charge is 0.412 e. The number of ether oxygens (including phenoxy) is 2. The van der Waals surface area contributed by atoms with Gasteiger partial charge in [0.25, 0.3) is 45.9 Å². The van der Waals surface area contributed by atoms with Gasteiger partial charge in [0.1, 0.15) is 46.6 Å². The topological polar surface area (TPSA) is 229 Å². The second kappa shape index (κ2) is 27.0. The number of alkyl halides is 8. The van der Waals surface area contributed by atoms with Crippen LogP contribution in [0.4, 0.5) is 51.3 Å². The number of likely N-dealkylation sites (tertiary alicyclic amines) is 4. The van der Waals surface area contributed by atoms with Crippen LogP contribution in [-0.4, -0.2) is 178 Å². The molecule has 0 bridgehead atoms. The van der Waals surface area contributed by atoms with Crippen molar-refractivity contribution in [3.05, 3.63) is 126 Å². The highest BCUT2D eigenvalue weighted by atomic mass is 35.5. The third kappa shape index (κ3) is 17.0. The van der Waals surface area contributed by atoms with Crippen LogP contribution in [0.25, 0.3) is 0 Å². The number of pyridine rings is 4. The lowest BCUT2D eigenvalue weighted by atomic mass is 10.0. The van der Waals surface area contributed by atoms with E-state index in [4.69, 9.17) is 15.6 Å². The predicted molar refractivity (Wildman–Crippen MR) is 287 cm³/mol. The Hall–Kier alpha value is -6.62. The summed E-state index contributed by atoms with van der Waals surface area (Å²) in [6.07, 6.45) is 5.06. The van der Waals surface area contributed by atoms with Gasteiger partial charge >= 0.3 is 18.0 Å². The van der Waals surface area contributed by atoms with Crippen LogP contribution in [0.15, 0.2) is 92.5 Å². The quantitative estimate of drug-likeness (QED) is 0.137. The van der Waals surface area contributed by atoms with Crippen LogP contribution >= 0.6 is 12.4 Å². The van der Waals surface area contributed by atoms with E-state index in [-0.39, 0.29) is 61.6 Å². The average Bonchev–Trinajstić information content (AvgIpc) is 3.33. The molecular weight excluding hydrogens is 1110 g/mol. The number of hydrogen-bond donors (Lipinski definition) is 3. The summed E-state index contributed by atoms with van der Waals surface area (Å²) in [6.45, 7) is 5.39. The summed E-state index contributed by atoms with van der Waals surface area (Å²) in [5.74, 6) is -14.2. The first-order valence-electron chi connectivity index (χ1n) is 25.3. The van der Waals surface area contributed by atoms with Crippen LogP contribution in [0.3, 0.4) is 0 Å². The number of methoxy groups -OCH3 is 1. The van der Waals surface area contributed by atoms with Crippen molar-refractivity contribution in [3.63, 3.8) is 0 Å². The van der Waals surface area contributed by atoms with E-state index in [9.17, 15) is 68.7 Å². The van der Waals surface area contributed by atoms with Gasteiger partial charge in [-0.3, -0.25) is 24.5 Å². The third-order valence-electron chi connectivity index (χ3n) is 13.6. The Morgan fingerprint density at radius 3 is 1.22 bits per heavy atom. The predicted octanol–water partition coefficient (Wildman–Crippen LogP) is 6.28. The van der Waals surface area contributed by atoms with Crippen LogP contribution in [0.5, 0.6) is 0 Å². The number of esters is 1. The van der Waals surface area contributed by atoms with Gasteiger partial charge < -0.3 is 58.2 Å². The molecule has 81 heavy (non-hydrogen) atoms. The van der Waals surface area contributed by atoms with Crippen molar-refractivity contribution in [2.75, 3.05) is 98.7 Å². The minimum Gasteiger partial charge on any atom is -0.477 e. The van der Waals surface area contributed by atoms with Crippen LogP contribution < -0.4 is 33.3 Å². The summed E-state index contributed by atoms with van der Waals surface area (Å²) in [7, 11) is 7.60. The molecule has 4 unspecified atom stereocenters. The molecule has 450 valence electrons. The summed E-state index contributed by atoms with van der Waals surface area (Å²) in [4.78, 5) is 88.5. The van der Waals surface area contributed by atoms with Crippen molar-refractivity contribution in [3.8, 4) is 0 Å². The summed E-state index contributed by atoms with van der Waals surface area (Å²) in [5, 5.41) is 11.2. The Morgan fingerprint density at radius 1 is 0.556 bits per heavy atom. The molecule has 4 aliphatic rings. The van der Waals surface area contributed by atoms with Crippen molar-refractivity contribution in [2.24, 2.45) is 0 Å². The molecule has 0 aliphatic carbocycles. The second-order valence-corrected chi connectivity index (χ2v) is 21.2. The molecule has 0 aromatic carbocycles. The molecule has 4 aromatic heterocycles. The highest BCUT2D eigenvalue weighted by molar-refractivity contribution is 5.89. The fraction of sp³-hybridized carbons (Fsp3) is 0.558. The highest BCUT2D eigenvalue weighted by Gasteiger charge is 2.48. The van der Waals surface area contributed by atoms with Gasteiger partial charge in [-0.2, -0.15) is 0 Å². The van der Waals surface area contributed by atoms with Gasteiger partial charge in [-0.25, -0.2) is 49.5 Å². The zero-order chi connectivity index (χ0) is 59.9. The lowest BCUT2D eigenvalue weighted by molar-refractivity contribution is -0.0993. The minimum atomic E-state index is -3.06. The first kappa shape index (κ1) is 66.9. The first-order chi connectivity index (χ1) is 37.1. The first-order valence-corrected chi connectivity index (χ1v) is 25.3. The van der Waals surface area contributed by atoms with Crippen LogP contribution in [0.2, 0.25) is 0 Å². The van der Waals surface area contributed by atoms with E-state index >= 15 is 0 Å². The largest absolute Gasteiger partial charge is 0.477 e. The van der Waals surface area contributed by atoms with Gasteiger partial charge in [0, 0.05) is 51.0 Å². The maximum Gasteiger partial charge on any atom is 0.412 e. The molecule has 4 saturated heterocycles. The number of carboxylic acid groups (broad SMARTS) is 1. The van der Waals surface area contributed by atoms with Crippen molar-refractivity contribution >= 4 is 41.8 Å². The zero-order valence-corrected chi connectivity index (χ0v) is 46.7. The number of nitrogen functional groups attached to an aromatic ring is 1. The standard InChI is InChI=1S/C16H23F2N3O3.C13H16F2N2O3.C12H14F2N2O3.C11H15F2N3O.ClH/c1-15(2,3)24-14(23)19-11-6-5-8-21(13(11)22)12-7-9-20(4)10-16(12,17)18;1-16-7-5-10(13(14,15)8-16)17-6-3-4-9(11(17)18)12(19)20-2;1-15-6-4-9(12(13,14)7-15)16-5-2-3-8(10(16)17)11(18)19;1-15-6-4-9(11(12,13)7-15)16-5-2-3-8(14)10(16)17;/h5-6,8,12H,7,9-10H2,1-4H3,(H,19,23);3-4,6,10H,5,7-8H2,1-2H3;2-3,5,9H,4,6-7H2,1H3,(H,18,19);2-3,5,9H,4,6-7,14H2,1H3;1H. The monoisotopic (exact) mass is 1180 g/mol. The Labute approximate surface area is 467 Å². The molecule has 4 atom stereocenters. The molecule has 0 spiro atoms. The van der Waals surface area contributed by atoms with E-state index in [1.807, 2.05) is 0 Å². The molecule has 4 aliphatic heterocycles. The van der Waals surface area contributed by atoms with Crippen molar-refractivity contribution < 1.29 is 64.1 Å². The molecule has 8 heterocycles. The van der Waals surface area contributed by atoms with Crippen LogP contribution in [-0.2, 0) is 9.47 Å². The number of nitrogens with one attached hydrogen (secondary N) is 1. The van der Waals surface area contributed by atoms with Crippen molar-refractivity contribution in [1.29, 1.82) is 0 Å². The van der Waals surface area contributed by atoms with E-state index in [1.54, 1.807) is 53.9 Å². The van der Waals surface area contributed by atoms with E-state index in [2.05, 4.69) is 10.1 Å². The molecule has 1 amide bonds. The van der Waals surface area contributed by atoms with E-state index < -0.39 is 119 Å². The maximum atomic E-state index is 14.3. The number of nitrogens with two attached hydrogens (primary N) is 1. The molecule has 29 heteroatoms. The van der Waals surface area contributed by atoms with Gasteiger partial charge in [-0.1, -0.05) is 0 Å². The van der Waals surface area contributed by atoms with Gasteiger partial charge in [-0.15, -0.1) is 12.4 Å². The summed E-state index contributed by atoms with van der Waals surface area (Å²) in [6, 6.07) is 6.01. The molecule has 0 saturated carbocycles. The number of amides is 1. The Balaban J connectivity index is 0.000000233. The molecule has 4 N–H and O–H groups in total. The normalized spacial score (nSPS) is 22.5. The number of aromatic carboxylic acids is 1. The number of carbonyl (C=O) groups excluding carboxylic acids is 2. The number of carbonyl (C=O) groups is 3. The Kier molecular flexibility index (Phi) is 22.3. The summed E-state index contributed by atoms with van der Waals surface area (Å²) >= 11 is 0. The number of aromatic nitrogens is 4. The van der Waals surface area contributed by atoms with E-state index in [0.717, 1.165) is 31.4 Å². The minimum absolute atomic E-state index is 0. The number of nitrogens with zero attached hydrogens (tertiary/aromatic N) is 8. The van der Waals surface area contributed by atoms with E-state index in [0.29, 0.717) is 26.2 Å². The summed E-state index contributed by atoms with van der Waals surface area (Å²) < 4.78 is 126. The molecule has 4 aromatic rings. The summed E-state index contributed by atoms with van der Waals surface area (Å²) in [5.41, 5.74) is 1.09. The number of rotatable bonds is 7. The number of carboxylic acids is 1. The van der Waals surface area contributed by atoms with Crippen molar-refractivity contribution in [1.82, 2.24) is 37.9 Å². The van der Waals surface area contributed by atoms with Gasteiger partial charge in [0.2, 0.25) is 0 Å². The lowest BCUT2D eigenvalue weighted by Gasteiger charge is -2.37. The maximum absolute atomic E-state index is 14.3. The number of anilines is 2. The lowest BCUT2D eigenvalue weighted by Crippen LogP contribution is -2.50. The highest BCUT2D eigenvalue weighted by Crippen LogP contribution is 2.38. The zero-order valence-electron chi connectivity index (χ0n) is 45.9. The van der Waals surface area contributed by atoms with Gasteiger partial charge in [0.15, 0.2) is 0 Å². The van der Waals surface area contributed by atoms with E-state index in [1.165, 1.54) is 82.0 Å². The SMILES string of the molecule is CN1CCC(n2cccc(C(=O)O)c2=O)C(F)(F)C1.CN1CCC(n2cccc(N)c2=O)C(F)(F)C1.CN1CCC(n2cccc(NC(=O)OC(C)(C)C)c2=O)C(F)(F)C1.COC(=O)c1cccn(C2CCN(C)CC2(F)F)c1=O.Cl. The number of piperidine rings is 4. The molecule has 8 rings (SSSR count).